The van der Waals surface area contributed by atoms with Crippen molar-refractivity contribution in [1.29, 1.82) is 0 Å². The molecule has 1 unspecified atom stereocenters. The first kappa shape index (κ1) is 21.5. The lowest BCUT2D eigenvalue weighted by Gasteiger charge is -2.22. The van der Waals surface area contributed by atoms with E-state index in [9.17, 15) is 4.79 Å². The Morgan fingerprint density at radius 2 is 1.63 bits per heavy atom. The van der Waals surface area contributed by atoms with Gasteiger partial charge in [-0.1, -0.05) is 60.7 Å². The largest absolute Gasteiger partial charge is 0.355 e. The predicted octanol–water partition coefficient (Wildman–Crippen LogP) is 4.33. The second kappa shape index (κ2) is 11.8. The van der Waals surface area contributed by atoms with Gasteiger partial charge in [-0.15, -0.1) is 12.4 Å². The molecule has 1 heterocycles. The fourth-order valence-corrected chi connectivity index (χ4v) is 3.76. The summed E-state index contributed by atoms with van der Waals surface area (Å²) in [7, 11) is 0. The highest BCUT2D eigenvalue weighted by Crippen LogP contribution is 2.21. The van der Waals surface area contributed by atoms with Crippen molar-refractivity contribution in [1.82, 2.24) is 10.6 Å². The summed E-state index contributed by atoms with van der Waals surface area (Å²) in [5.41, 5.74) is 2.60. The number of nitrogens with one attached hydrogen (secondary N) is 2. The molecule has 2 aromatic carbocycles. The maximum Gasteiger partial charge on any atom is 0.220 e. The van der Waals surface area contributed by atoms with Crippen LogP contribution in [-0.2, 0) is 11.2 Å². The number of hydrogen-bond acceptors (Lipinski definition) is 2. The van der Waals surface area contributed by atoms with Gasteiger partial charge in [0.25, 0.3) is 0 Å². The summed E-state index contributed by atoms with van der Waals surface area (Å²) >= 11 is 0. The molecule has 2 aromatic rings. The van der Waals surface area contributed by atoms with E-state index in [2.05, 4.69) is 59.2 Å². The van der Waals surface area contributed by atoms with Crippen molar-refractivity contribution in [3.05, 3.63) is 71.8 Å². The van der Waals surface area contributed by atoms with E-state index in [0.717, 1.165) is 25.9 Å². The molecule has 146 valence electrons. The van der Waals surface area contributed by atoms with Gasteiger partial charge in [0.2, 0.25) is 5.91 Å². The number of hydrogen-bond donors (Lipinski definition) is 2. The van der Waals surface area contributed by atoms with Crippen LogP contribution in [0.2, 0.25) is 0 Å². The summed E-state index contributed by atoms with van der Waals surface area (Å²) in [6.45, 7) is 2.89. The van der Waals surface area contributed by atoms with Crippen molar-refractivity contribution in [2.45, 2.75) is 38.0 Å². The molecule has 1 aliphatic rings. The lowest BCUT2D eigenvalue weighted by Crippen LogP contribution is -2.31. The SMILES string of the molecule is Cl.O=C(CCC1CCNCC1)NCC(Cc1ccccc1)c1ccccc1. The highest BCUT2D eigenvalue weighted by atomic mass is 35.5. The monoisotopic (exact) mass is 386 g/mol. The Labute approximate surface area is 169 Å². The van der Waals surface area contributed by atoms with E-state index in [-0.39, 0.29) is 18.3 Å². The third-order valence-corrected chi connectivity index (χ3v) is 5.38. The number of carbonyl (C=O) groups is 1. The molecule has 3 rings (SSSR count). The van der Waals surface area contributed by atoms with Gasteiger partial charge < -0.3 is 10.6 Å². The Bertz CT molecular complexity index is 657. The van der Waals surface area contributed by atoms with Crippen LogP contribution < -0.4 is 10.6 Å². The number of amides is 1. The van der Waals surface area contributed by atoms with Crippen molar-refractivity contribution in [2.75, 3.05) is 19.6 Å². The minimum Gasteiger partial charge on any atom is -0.355 e. The molecule has 1 amide bonds. The second-order valence-electron chi connectivity index (χ2n) is 7.33. The van der Waals surface area contributed by atoms with Gasteiger partial charge in [0.05, 0.1) is 0 Å². The number of benzene rings is 2. The van der Waals surface area contributed by atoms with Gasteiger partial charge in [-0.3, -0.25) is 4.79 Å². The Hall–Kier alpha value is -1.84. The fourth-order valence-electron chi connectivity index (χ4n) is 3.76. The summed E-state index contributed by atoms with van der Waals surface area (Å²) in [4.78, 5) is 12.3. The van der Waals surface area contributed by atoms with Gasteiger partial charge >= 0.3 is 0 Å². The lowest BCUT2D eigenvalue weighted by molar-refractivity contribution is -0.121. The van der Waals surface area contributed by atoms with Gasteiger partial charge in [-0.05, 0) is 55.8 Å². The standard InChI is InChI=1S/C23H30N2O.ClH/c26-23(12-11-19-13-15-24-16-14-19)25-18-22(21-9-5-2-6-10-21)17-20-7-3-1-4-8-20;/h1-10,19,22,24H,11-18H2,(H,25,26);1H. The van der Waals surface area contributed by atoms with Crippen molar-refractivity contribution in [3.8, 4) is 0 Å². The van der Waals surface area contributed by atoms with Crippen LogP contribution >= 0.6 is 12.4 Å². The lowest BCUT2D eigenvalue weighted by atomic mass is 9.91. The van der Waals surface area contributed by atoms with Crippen LogP contribution in [0.15, 0.2) is 60.7 Å². The Morgan fingerprint density at radius 3 is 2.30 bits per heavy atom. The second-order valence-corrected chi connectivity index (χ2v) is 7.33. The zero-order valence-electron chi connectivity index (χ0n) is 15.9. The maximum absolute atomic E-state index is 12.3. The Kier molecular flexibility index (Phi) is 9.37. The Balaban J connectivity index is 0.00000261. The zero-order valence-corrected chi connectivity index (χ0v) is 16.7. The number of carbonyl (C=O) groups excluding carboxylic acids is 1. The summed E-state index contributed by atoms with van der Waals surface area (Å²) in [5, 5.41) is 6.57. The summed E-state index contributed by atoms with van der Waals surface area (Å²) < 4.78 is 0. The molecule has 27 heavy (non-hydrogen) atoms. The highest BCUT2D eigenvalue weighted by Gasteiger charge is 2.16. The van der Waals surface area contributed by atoms with Gasteiger partial charge in [-0.2, -0.15) is 0 Å². The third kappa shape index (κ3) is 7.36. The minimum atomic E-state index is 0. The van der Waals surface area contributed by atoms with Crippen LogP contribution in [-0.4, -0.2) is 25.5 Å². The van der Waals surface area contributed by atoms with Crippen LogP contribution in [0.3, 0.4) is 0 Å². The number of rotatable bonds is 8. The van der Waals surface area contributed by atoms with Crippen LogP contribution in [0.5, 0.6) is 0 Å². The van der Waals surface area contributed by atoms with Crippen LogP contribution in [0.4, 0.5) is 0 Å². The molecule has 1 atom stereocenters. The molecule has 0 radical (unpaired) electrons. The van der Waals surface area contributed by atoms with Crippen LogP contribution in [0, 0.1) is 5.92 Å². The molecule has 1 fully saturated rings. The molecule has 1 aliphatic heterocycles. The quantitative estimate of drug-likeness (QED) is 0.708. The molecule has 0 saturated carbocycles. The average Bonchev–Trinajstić information content (AvgIpc) is 2.72. The van der Waals surface area contributed by atoms with Crippen molar-refractivity contribution in [3.63, 3.8) is 0 Å². The molecular formula is C23H31ClN2O. The van der Waals surface area contributed by atoms with E-state index < -0.39 is 0 Å². The molecule has 0 spiro atoms. The minimum absolute atomic E-state index is 0. The van der Waals surface area contributed by atoms with Crippen LogP contribution in [0.25, 0.3) is 0 Å². The zero-order chi connectivity index (χ0) is 18.0. The van der Waals surface area contributed by atoms with Crippen LogP contribution in [0.1, 0.15) is 42.7 Å². The van der Waals surface area contributed by atoms with Crippen molar-refractivity contribution in [2.24, 2.45) is 5.92 Å². The van der Waals surface area contributed by atoms with E-state index in [1.54, 1.807) is 0 Å². The predicted molar refractivity (Wildman–Crippen MR) is 114 cm³/mol. The number of halogens is 1. The van der Waals surface area contributed by atoms with E-state index in [4.69, 9.17) is 0 Å². The molecular weight excluding hydrogens is 356 g/mol. The van der Waals surface area contributed by atoms with E-state index in [1.165, 1.54) is 24.0 Å². The first-order chi connectivity index (χ1) is 12.8. The smallest absolute Gasteiger partial charge is 0.220 e. The maximum atomic E-state index is 12.3. The molecule has 0 bridgehead atoms. The van der Waals surface area contributed by atoms with E-state index >= 15 is 0 Å². The van der Waals surface area contributed by atoms with Gasteiger partial charge in [0.15, 0.2) is 0 Å². The van der Waals surface area contributed by atoms with Gasteiger partial charge in [0.1, 0.15) is 0 Å². The normalized spacial score (nSPS) is 15.6. The molecule has 2 N–H and O–H groups in total. The van der Waals surface area contributed by atoms with Crippen molar-refractivity contribution >= 4 is 18.3 Å². The summed E-state index contributed by atoms with van der Waals surface area (Å²) in [6.07, 6.45) is 5.01. The first-order valence-corrected chi connectivity index (χ1v) is 9.87. The molecule has 1 saturated heterocycles. The highest BCUT2D eigenvalue weighted by molar-refractivity contribution is 5.85. The van der Waals surface area contributed by atoms with Crippen molar-refractivity contribution < 1.29 is 4.79 Å². The first-order valence-electron chi connectivity index (χ1n) is 9.87. The van der Waals surface area contributed by atoms with Gasteiger partial charge in [-0.25, -0.2) is 0 Å². The molecule has 4 heteroatoms. The van der Waals surface area contributed by atoms with E-state index in [1.807, 2.05) is 12.1 Å². The average molecular weight is 387 g/mol. The summed E-state index contributed by atoms with van der Waals surface area (Å²) in [6, 6.07) is 21.0. The van der Waals surface area contributed by atoms with E-state index in [0.29, 0.717) is 24.8 Å². The molecule has 0 aliphatic carbocycles. The molecule has 3 nitrogen and oxygen atoms in total. The number of piperidine rings is 1. The Morgan fingerprint density at radius 1 is 1.00 bits per heavy atom. The molecule has 0 aromatic heterocycles. The topological polar surface area (TPSA) is 41.1 Å². The fraction of sp³-hybridized carbons (Fsp3) is 0.435. The third-order valence-electron chi connectivity index (χ3n) is 5.38. The summed E-state index contributed by atoms with van der Waals surface area (Å²) in [5.74, 6) is 1.20. The van der Waals surface area contributed by atoms with Gasteiger partial charge in [0, 0.05) is 18.9 Å².